The van der Waals surface area contributed by atoms with Crippen molar-refractivity contribution >= 4 is 90.7 Å². The van der Waals surface area contributed by atoms with Gasteiger partial charge in [-0.2, -0.15) is 0 Å². The number of anilines is 4. The molecule has 0 aliphatic rings. The zero-order valence-electron chi connectivity index (χ0n) is 18.8. The Hall–Kier alpha value is -3.73. The second-order valence-electron chi connectivity index (χ2n) is 7.38. The van der Waals surface area contributed by atoms with Gasteiger partial charge in [0.25, 0.3) is 0 Å². The maximum atomic E-state index is 12.3. The van der Waals surface area contributed by atoms with E-state index in [-0.39, 0.29) is 23.3 Å². The van der Waals surface area contributed by atoms with Crippen LogP contribution in [0.25, 0.3) is 22.4 Å². The van der Waals surface area contributed by atoms with Crippen LogP contribution >= 0.6 is 46.2 Å². The van der Waals surface area contributed by atoms with Crippen molar-refractivity contribution in [3.05, 3.63) is 42.5 Å². The van der Waals surface area contributed by atoms with Crippen LogP contribution in [-0.2, 0) is 9.59 Å². The van der Waals surface area contributed by atoms with Gasteiger partial charge >= 0.3 is 0 Å². The first-order chi connectivity index (χ1) is 17.9. The Labute approximate surface area is 226 Å². The average Bonchev–Trinajstić information content (AvgIpc) is 3.61. The number of hydrogen-bond acceptors (Lipinski definition) is 13. The molecule has 5 rings (SSSR count). The van der Waals surface area contributed by atoms with Crippen molar-refractivity contribution in [3.63, 3.8) is 0 Å². The van der Waals surface area contributed by atoms with Crippen LogP contribution in [0.4, 0.5) is 21.6 Å². The number of aromatic nitrogens is 6. The molecule has 0 spiro atoms. The standard InChI is InChI=1S/C21H18N10O2S4/c22-18-28-30-20(36-18)34-8-15(32)24-11-3-1-10(2-4-11)17-26-13-6-5-12(7-14(13)27-17)25-16(33)9-35-21-31-29-19(23)37-21/h1-7H,8-9H2,(H2,22,28)(H2,23,29)(H,24,32)(H,25,33)(H,26,27). The van der Waals surface area contributed by atoms with E-state index in [1.165, 1.54) is 46.2 Å². The molecule has 0 fully saturated rings. The number of imidazole rings is 1. The molecule has 3 heterocycles. The van der Waals surface area contributed by atoms with Crippen LogP contribution in [0, 0.1) is 0 Å². The molecule has 37 heavy (non-hydrogen) atoms. The number of carbonyl (C=O) groups excluding carboxylic acids is 2. The number of thioether (sulfide) groups is 2. The first-order valence-electron chi connectivity index (χ1n) is 10.5. The summed E-state index contributed by atoms with van der Waals surface area (Å²) in [5.41, 5.74) is 14.8. The molecule has 0 atom stereocenters. The summed E-state index contributed by atoms with van der Waals surface area (Å²) < 4.78 is 1.29. The maximum absolute atomic E-state index is 12.3. The van der Waals surface area contributed by atoms with Gasteiger partial charge in [0.05, 0.1) is 22.5 Å². The summed E-state index contributed by atoms with van der Waals surface area (Å²) in [6, 6.07) is 12.8. The van der Waals surface area contributed by atoms with Gasteiger partial charge < -0.3 is 27.1 Å². The fourth-order valence-electron chi connectivity index (χ4n) is 3.14. The Kier molecular flexibility index (Phi) is 7.50. The largest absolute Gasteiger partial charge is 0.374 e. The lowest BCUT2D eigenvalue weighted by Gasteiger charge is -2.05. The van der Waals surface area contributed by atoms with E-state index in [0.717, 1.165) is 16.6 Å². The second-order valence-corrected chi connectivity index (χ2v) is 11.8. The second kappa shape index (κ2) is 11.1. The van der Waals surface area contributed by atoms with Crippen LogP contribution in [0.3, 0.4) is 0 Å². The summed E-state index contributed by atoms with van der Waals surface area (Å²) in [5, 5.41) is 21.7. The minimum atomic E-state index is -0.165. The van der Waals surface area contributed by atoms with E-state index in [0.29, 0.717) is 36.1 Å². The highest BCUT2D eigenvalue weighted by Crippen LogP contribution is 2.27. The number of fused-ring (bicyclic) bond motifs is 1. The molecule has 7 N–H and O–H groups in total. The number of nitrogens with one attached hydrogen (secondary N) is 3. The van der Waals surface area contributed by atoms with Crippen molar-refractivity contribution in [2.24, 2.45) is 0 Å². The van der Waals surface area contributed by atoms with Crippen LogP contribution in [0.1, 0.15) is 0 Å². The average molecular weight is 571 g/mol. The van der Waals surface area contributed by atoms with Crippen molar-refractivity contribution in [1.29, 1.82) is 0 Å². The van der Waals surface area contributed by atoms with E-state index in [1.54, 1.807) is 6.07 Å². The number of nitrogen functional groups attached to an aromatic ring is 2. The number of hydrogen-bond donors (Lipinski definition) is 5. The fraction of sp³-hybridized carbons (Fsp3) is 0.0952. The molecular formula is C21H18N10O2S4. The van der Waals surface area contributed by atoms with Crippen molar-refractivity contribution < 1.29 is 9.59 Å². The summed E-state index contributed by atoms with van der Waals surface area (Å²) in [7, 11) is 0. The highest BCUT2D eigenvalue weighted by Gasteiger charge is 2.11. The Morgan fingerprint density at radius 1 is 0.811 bits per heavy atom. The minimum Gasteiger partial charge on any atom is -0.374 e. The van der Waals surface area contributed by atoms with Gasteiger partial charge in [-0.15, -0.1) is 20.4 Å². The zero-order chi connectivity index (χ0) is 25.8. The Bertz CT molecular complexity index is 1560. The van der Waals surface area contributed by atoms with E-state index < -0.39 is 0 Å². The van der Waals surface area contributed by atoms with Crippen LogP contribution in [0.5, 0.6) is 0 Å². The molecule has 0 aliphatic heterocycles. The summed E-state index contributed by atoms with van der Waals surface area (Å²) in [6.45, 7) is 0. The molecule has 0 saturated carbocycles. The fourth-order valence-corrected chi connectivity index (χ4v) is 6.01. The Morgan fingerprint density at radius 3 is 1.95 bits per heavy atom. The van der Waals surface area contributed by atoms with Gasteiger partial charge in [0.2, 0.25) is 22.1 Å². The predicted octanol–water partition coefficient (Wildman–Crippen LogP) is 3.56. The SMILES string of the molecule is Nc1nnc(SCC(=O)Nc2ccc(-c3nc4ccc(NC(=O)CSc5nnc(N)s5)cc4[nH]3)cc2)s1. The lowest BCUT2D eigenvalue weighted by Crippen LogP contribution is -2.13. The maximum Gasteiger partial charge on any atom is 0.234 e. The molecule has 12 nitrogen and oxygen atoms in total. The molecule has 2 aromatic carbocycles. The number of aromatic amines is 1. The van der Waals surface area contributed by atoms with Gasteiger partial charge in [0.15, 0.2) is 8.68 Å². The number of rotatable bonds is 9. The van der Waals surface area contributed by atoms with Gasteiger partial charge in [-0.3, -0.25) is 9.59 Å². The molecule has 3 aromatic heterocycles. The number of nitrogens with zero attached hydrogens (tertiary/aromatic N) is 5. The lowest BCUT2D eigenvalue weighted by molar-refractivity contribution is -0.114. The van der Waals surface area contributed by atoms with E-state index >= 15 is 0 Å². The monoisotopic (exact) mass is 570 g/mol. The molecule has 0 aliphatic carbocycles. The van der Waals surface area contributed by atoms with Crippen molar-refractivity contribution in [2.45, 2.75) is 8.68 Å². The number of amides is 2. The number of H-pyrrole nitrogens is 1. The normalized spacial score (nSPS) is 11.0. The molecule has 0 bridgehead atoms. The van der Waals surface area contributed by atoms with E-state index in [4.69, 9.17) is 11.5 Å². The molecule has 0 unspecified atom stereocenters. The summed E-state index contributed by atoms with van der Waals surface area (Å²) in [6.07, 6.45) is 0. The predicted molar refractivity (Wildman–Crippen MR) is 149 cm³/mol. The summed E-state index contributed by atoms with van der Waals surface area (Å²) in [5.74, 6) is 0.746. The van der Waals surface area contributed by atoms with Crippen LogP contribution in [0.15, 0.2) is 51.1 Å². The third-order valence-electron chi connectivity index (χ3n) is 4.71. The number of carbonyl (C=O) groups is 2. The Balaban J connectivity index is 1.17. The van der Waals surface area contributed by atoms with E-state index in [1.807, 2.05) is 36.4 Å². The van der Waals surface area contributed by atoms with E-state index in [9.17, 15) is 9.59 Å². The molecular weight excluding hydrogens is 553 g/mol. The van der Waals surface area contributed by atoms with Crippen LogP contribution in [-0.4, -0.2) is 53.7 Å². The van der Waals surface area contributed by atoms with Crippen molar-refractivity contribution in [1.82, 2.24) is 30.4 Å². The molecule has 0 radical (unpaired) electrons. The van der Waals surface area contributed by atoms with Gasteiger partial charge in [-0.05, 0) is 42.5 Å². The summed E-state index contributed by atoms with van der Waals surface area (Å²) in [4.78, 5) is 32.4. The third kappa shape index (κ3) is 6.53. The Morgan fingerprint density at radius 2 is 1.38 bits per heavy atom. The minimum absolute atomic E-state index is 0.157. The van der Waals surface area contributed by atoms with Gasteiger partial charge in [0.1, 0.15) is 5.82 Å². The molecule has 2 amide bonds. The zero-order valence-corrected chi connectivity index (χ0v) is 22.1. The van der Waals surface area contributed by atoms with Crippen molar-refractivity contribution in [2.75, 3.05) is 33.6 Å². The summed E-state index contributed by atoms with van der Waals surface area (Å²) >= 11 is 5.04. The first kappa shape index (κ1) is 24.9. The topological polar surface area (TPSA) is 190 Å². The molecule has 16 heteroatoms. The van der Waals surface area contributed by atoms with Gasteiger partial charge in [-0.25, -0.2) is 4.98 Å². The molecule has 0 saturated heterocycles. The number of benzene rings is 2. The first-order valence-corrected chi connectivity index (χ1v) is 14.2. The van der Waals surface area contributed by atoms with Crippen LogP contribution in [0.2, 0.25) is 0 Å². The smallest absolute Gasteiger partial charge is 0.234 e. The molecule has 188 valence electrons. The third-order valence-corrected chi connectivity index (χ3v) is 8.48. The van der Waals surface area contributed by atoms with Gasteiger partial charge in [-0.1, -0.05) is 46.2 Å². The van der Waals surface area contributed by atoms with Gasteiger partial charge in [0, 0.05) is 16.9 Å². The number of nitrogens with two attached hydrogens (primary N) is 2. The van der Waals surface area contributed by atoms with E-state index in [2.05, 4.69) is 41.0 Å². The van der Waals surface area contributed by atoms with Crippen molar-refractivity contribution in [3.8, 4) is 11.4 Å². The highest BCUT2D eigenvalue weighted by molar-refractivity contribution is 8.02. The highest BCUT2D eigenvalue weighted by atomic mass is 32.2. The molecule has 5 aromatic rings. The quantitative estimate of drug-likeness (QED) is 0.163. The lowest BCUT2D eigenvalue weighted by atomic mass is 10.2. The van der Waals surface area contributed by atoms with Crippen LogP contribution < -0.4 is 22.1 Å².